The summed E-state index contributed by atoms with van der Waals surface area (Å²) in [5.74, 6) is 0.673. The Morgan fingerprint density at radius 3 is 1.96 bits per heavy atom. The van der Waals surface area contributed by atoms with Gasteiger partial charge in [0.05, 0.1) is 9.52 Å². The van der Waals surface area contributed by atoms with E-state index in [-0.39, 0.29) is 9.52 Å². The van der Waals surface area contributed by atoms with Gasteiger partial charge in [-0.1, -0.05) is 55.6 Å². The highest BCUT2D eigenvalue weighted by Gasteiger charge is 2.20. The van der Waals surface area contributed by atoms with Crippen LogP contribution in [0.2, 0.25) is 0 Å². The summed E-state index contributed by atoms with van der Waals surface area (Å²) in [5.41, 5.74) is 11.1. The van der Waals surface area contributed by atoms with E-state index in [0.29, 0.717) is 5.92 Å². The van der Waals surface area contributed by atoms with Gasteiger partial charge in [0.2, 0.25) is 0 Å². The van der Waals surface area contributed by atoms with Crippen molar-refractivity contribution in [3.8, 4) is 0 Å². The Hall–Kier alpha value is -1.08. The molecular formula is C24H38Si. The van der Waals surface area contributed by atoms with E-state index in [1.807, 2.05) is 0 Å². The molecule has 1 aromatic rings. The molecule has 1 heteroatoms. The van der Waals surface area contributed by atoms with Gasteiger partial charge < -0.3 is 0 Å². The second-order valence-corrected chi connectivity index (χ2v) is 10.4. The van der Waals surface area contributed by atoms with Crippen molar-refractivity contribution in [2.75, 3.05) is 0 Å². The quantitative estimate of drug-likeness (QED) is 0.426. The number of allylic oxidation sites excluding steroid dienone is 4. The van der Waals surface area contributed by atoms with Gasteiger partial charge in [-0.3, -0.25) is 0 Å². The van der Waals surface area contributed by atoms with Crippen molar-refractivity contribution in [1.82, 2.24) is 0 Å². The molecule has 0 saturated heterocycles. The molecule has 0 unspecified atom stereocenters. The third-order valence-corrected chi connectivity index (χ3v) is 8.79. The van der Waals surface area contributed by atoms with Crippen LogP contribution in [0.1, 0.15) is 80.7 Å². The minimum absolute atomic E-state index is 0.356. The van der Waals surface area contributed by atoms with Gasteiger partial charge in [0.15, 0.2) is 0 Å². The van der Waals surface area contributed by atoms with Gasteiger partial charge in [0.25, 0.3) is 0 Å². The summed E-state index contributed by atoms with van der Waals surface area (Å²) in [7, 11) is -0.356. The molecule has 0 radical (unpaired) electrons. The van der Waals surface area contributed by atoms with Crippen molar-refractivity contribution < 1.29 is 0 Å². The van der Waals surface area contributed by atoms with Crippen molar-refractivity contribution >= 4 is 14.7 Å². The minimum atomic E-state index is -0.356. The van der Waals surface area contributed by atoms with E-state index >= 15 is 0 Å². The molecular weight excluding hydrogens is 316 g/mol. The Labute approximate surface area is 158 Å². The van der Waals surface area contributed by atoms with Gasteiger partial charge in [-0.25, -0.2) is 0 Å². The van der Waals surface area contributed by atoms with Crippen molar-refractivity contribution in [2.45, 2.75) is 87.5 Å². The highest BCUT2D eigenvalue weighted by atomic mass is 28.2. The van der Waals surface area contributed by atoms with Gasteiger partial charge in [0.1, 0.15) is 0 Å². The molecule has 0 bridgehead atoms. The molecule has 0 aromatic heterocycles. The van der Waals surface area contributed by atoms with Gasteiger partial charge in [-0.15, -0.1) is 0 Å². The van der Waals surface area contributed by atoms with E-state index in [1.54, 1.807) is 32.7 Å². The van der Waals surface area contributed by atoms with Crippen molar-refractivity contribution in [3.63, 3.8) is 0 Å². The summed E-state index contributed by atoms with van der Waals surface area (Å²) in [4.78, 5) is 0. The third-order valence-electron chi connectivity index (χ3n) is 6.47. The standard InChI is InChI=1S/C24H38Si/c1-9-10-11-12-21-13-22(14-23(21)15(2)3)25-24-19(7)17(5)16(4)18(6)20(24)8/h14-15H,9-13,25H2,1-8H3. The molecule has 1 aliphatic rings. The van der Waals surface area contributed by atoms with Crippen LogP contribution in [0.5, 0.6) is 0 Å². The van der Waals surface area contributed by atoms with Crippen molar-refractivity contribution in [2.24, 2.45) is 5.92 Å². The molecule has 0 fully saturated rings. The first kappa shape index (κ1) is 20.2. The Bertz CT molecular complexity index is 672. The predicted molar refractivity (Wildman–Crippen MR) is 117 cm³/mol. The van der Waals surface area contributed by atoms with Crippen LogP contribution in [0.4, 0.5) is 0 Å². The molecule has 0 nitrogen and oxygen atoms in total. The van der Waals surface area contributed by atoms with Crippen LogP contribution in [0.15, 0.2) is 22.4 Å². The highest BCUT2D eigenvalue weighted by molar-refractivity contribution is 6.62. The number of unbranched alkanes of at least 4 members (excludes halogenated alkanes) is 2. The summed E-state index contributed by atoms with van der Waals surface area (Å²) in [6.45, 7) is 18.7. The first-order chi connectivity index (χ1) is 11.8. The average Bonchev–Trinajstić information content (AvgIpc) is 2.98. The Morgan fingerprint density at radius 2 is 1.44 bits per heavy atom. The summed E-state index contributed by atoms with van der Waals surface area (Å²) < 4.78 is 0. The second kappa shape index (κ2) is 8.53. The zero-order chi connectivity index (χ0) is 18.7. The van der Waals surface area contributed by atoms with Gasteiger partial charge >= 0.3 is 0 Å². The normalized spacial score (nSPS) is 15.2. The molecule has 0 N–H and O–H groups in total. The van der Waals surface area contributed by atoms with Gasteiger partial charge in [-0.2, -0.15) is 0 Å². The number of rotatable bonds is 7. The Kier molecular flexibility index (Phi) is 6.91. The maximum absolute atomic E-state index is 2.60. The fourth-order valence-corrected chi connectivity index (χ4v) is 6.59. The molecule has 0 atom stereocenters. The molecule has 138 valence electrons. The molecule has 2 rings (SSSR count). The van der Waals surface area contributed by atoms with Crippen LogP contribution >= 0.6 is 0 Å². The molecule has 0 spiro atoms. The maximum atomic E-state index is 2.60. The molecule has 1 aliphatic carbocycles. The van der Waals surface area contributed by atoms with E-state index in [4.69, 9.17) is 0 Å². The summed E-state index contributed by atoms with van der Waals surface area (Å²) in [6, 6.07) is 0. The van der Waals surface area contributed by atoms with Gasteiger partial charge in [0, 0.05) is 0 Å². The molecule has 0 aliphatic heterocycles. The van der Waals surface area contributed by atoms with Crippen LogP contribution in [-0.2, 0) is 0 Å². The lowest BCUT2D eigenvalue weighted by Crippen LogP contribution is -2.25. The fraction of sp³-hybridized carbons (Fsp3) is 0.583. The molecule has 1 aromatic carbocycles. The van der Waals surface area contributed by atoms with Crippen LogP contribution in [-0.4, -0.2) is 9.52 Å². The molecule has 25 heavy (non-hydrogen) atoms. The minimum Gasteiger partial charge on any atom is -0.0783 e. The Balaban J connectivity index is 2.25. The Morgan fingerprint density at radius 1 is 0.880 bits per heavy atom. The lowest BCUT2D eigenvalue weighted by Gasteiger charge is -2.19. The first-order valence-electron chi connectivity index (χ1n) is 10.2. The number of hydrogen-bond donors (Lipinski definition) is 0. The van der Waals surface area contributed by atoms with Crippen LogP contribution < -0.4 is 5.19 Å². The van der Waals surface area contributed by atoms with E-state index in [2.05, 4.69) is 61.5 Å². The first-order valence-corrected chi connectivity index (χ1v) is 11.7. The van der Waals surface area contributed by atoms with E-state index in [0.717, 1.165) is 0 Å². The van der Waals surface area contributed by atoms with E-state index < -0.39 is 0 Å². The largest absolute Gasteiger partial charge is 0.0835 e. The number of hydrogen-bond acceptors (Lipinski definition) is 0. The molecule has 0 heterocycles. The SMILES string of the molecule is CCCCCC1=C(C(C)C)C=C([SiH2]c2c(C)c(C)c(C)c(C)c2C)C1. The van der Waals surface area contributed by atoms with Crippen LogP contribution in [0.25, 0.3) is 0 Å². The van der Waals surface area contributed by atoms with E-state index in [1.165, 1.54) is 48.8 Å². The average molecular weight is 355 g/mol. The van der Waals surface area contributed by atoms with Crippen molar-refractivity contribution in [3.05, 3.63) is 50.2 Å². The zero-order valence-electron chi connectivity index (χ0n) is 17.9. The highest BCUT2D eigenvalue weighted by Crippen LogP contribution is 2.33. The third kappa shape index (κ3) is 4.37. The summed E-state index contributed by atoms with van der Waals surface area (Å²) in [5, 5.41) is 3.48. The zero-order valence-corrected chi connectivity index (χ0v) is 19.3. The lowest BCUT2D eigenvalue weighted by molar-refractivity contribution is 0.692. The maximum Gasteiger partial charge on any atom is 0.0835 e. The molecule has 0 amide bonds. The molecule has 0 saturated carbocycles. The lowest BCUT2D eigenvalue weighted by atomic mass is 9.95. The fourth-order valence-electron chi connectivity index (χ4n) is 4.33. The predicted octanol–water partition coefficient (Wildman–Crippen LogP) is 5.84. The van der Waals surface area contributed by atoms with Crippen molar-refractivity contribution in [1.29, 1.82) is 0 Å². The second-order valence-electron chi connectivity index (χ2n) is 8.43. The monoisotopic (exact) mass is 354 g/mol. The summed E-state index contributed by atoms with van der Waals surface area (Å²) >= 11 is 0. The smallest absolute Gasteiger partial charge is 0.0783 e. The van der Waals surface area contributed by atoms with Gasteiger partial charge in [-0.05, 0) is 93.2 Å². The van der Waals surface area contributed by atoms with Crippen LogP contribution in [0, 0.1) is 40.5 Å². The summed E-state index contributed by atoms with van der Waals surface area (Å²) in [6.07, 6.45) is 9.25. The van der Waals surface area contributed by atoms with E-state index in [9.17, 15) is 0 Å². The topological polar surface area (TPSA) is 0 Å². The number of benzene rings is 1. The van der Waals surface area contributed by atoms with Crippen LogP contribution in [0.3, 0.4) is 0 Å².